The Hall–Kier alpha value is -4.43. The average molecular weight is 534 g/mol. The Labute approximate surface area is 222 Å². The quantitative estimate of drug-likeness (QED) is 0.115. The van der Waals surface area contributed by atoms with Crippen molar-refractivity contribution < 1.29 is 13.2 Å². The van der Waals surface area contributed by atoms with Crippen LogP contribution in [0.15, 0.2) is 84.5 Å². The van der Waals surface area contributed by atoms with E-state index in [2.05, 4.69) is 33.8 Å². The Balaban J connectivity index is 1.68. The number of allylic oxidation sites excluding steroid dienone is 3. The number of nitrogens with zero attached hydrogens (tertiary/aromatic N) is 2. The van der Waals surface area contributed by atoms with Crippen molar-refractivity contribution in [3.63, 3.8) is 0 Å². The Morgan fingerprint density at radius 1 is 1.11 bits per heavy atom. The van der Waals surface area contributed by atoms with Gasteiger partial charge in [0.15, 0.2) is 0 Å². The first-order valence-electron chi connectivity index (χ1n) is 11.4. The van der Waals surface area contributed by atoms with Gasteiger partial charge in [0, 0.05) is 29.4 Å². The molecule has 0 radical (unpaired) electrons. The van der Waals surface area contributed by atoms with Crippen LogP contribution in [0, 0.1) is 5.41 Å². The molecule has 0 atom stereocenters. The fourth-order valence-electron chi connectivity index (χ4n) is 3.95. The molecule has 0 amide bonds. The molecule has 0 unspecified atom stereocenters. The maximum absolute atomic E-state index is 12.9. The van der Waals surface area contributed by atoms with Crippen LogP contribution in [0.25, 0.3) is 28.2 Å². The van der Waals surface area contributed by atoms with E-state index in [-0.39, 0.29) is 6.54 Å². The van der Waals surface area contributed by atoms with Crippen LogP contribution in [0.1, 0.15) is 27.8 Å². The number of hydrogen-bond acceptors (Lipinski definition) is 4. The number of hydrogen-bond donors (Lipinski definition) is 3. The zero-order valence-corrected chi connectivity index (χ0v) is 20.9. The normalized spacial score (nSPS) is 12.4. The maximum Gasteiger partial charge on any atom is 0.416 e. The van der Waals surface area contributed by atoms with E-state index in [1.807, 2.05) is 30.3 Å². The number of aliphatic imine (C=N–C) groups is 1. The predicted octanol–water partition coefficient (Wildman–Crippen LogP) is 8.07. The van der Waals surface area contributed by atoms with E-state index < -0.39 is 11.7 Å². The van der Waals surface area contributed by atoms with Crippen LogP contribution in [0.5, 0.6) is 0 Å². The van der Waals surface area contributed by atoms with E-state index in [1.54, 1.807) is 24.4 Å². The number of fused-ring (bicyclic) bond motifs is 1. The molecule has 4 rings (SSSR count). The fourth-order valence-corrected chi connectivity index (χ4v) is 4.23. The molecule has 192 valence electrons. The van der Waals surface area contributed by atoms with Gasteiger partial charge in [0.1, 0.15) is 0 Å². The van der Waals surface area contributed by atoms with Crippen molar-refractivity contribution in [1.29, 1.82) is 5.41 Å². The molecular weight excluding hydrogens is 511 g/mol. The average Bonchev–Trinajstić information content (AvgIpc) is 3.37. The topological polar surface area (TPSA) is 76.9 Å². The molecule has 0 saturated heterocycles. The molecule has 0 bridgehead atoms. The number of benzene rings is 3. The van der Waals surface area contributed by atoms with E-state index in [0.717, 1.165) is 40.4 Å². The SMILES string of the molecule is C=C/C(=C/c1cc(/C(=C/C=N)NCc2ccc(C(F)(F)F)cc2)cc(Cl)c1N=C)c1ccc2cn[nH]c2c1. The first-order valence-corrected chi connectivity index (χ1v) is 11.8. The van der Waals surface area contributed by atoms with Gasteiger partial charge in [-0.1, -0.05) is 48.5 Å². The molecule has 1 heterocycles. The molecule has 3 aromatic carbocycles. The molecule has 3 N–H and O–H groups in total. The van der Waals surface area contributed by atoms with Crippen molar-refractivity contribution in [2.24, 2.45) is 4.99 Å². The van der Waals surface area contributed by atoms with Gasteiger partial charge in [0.2, 0.25) is 0 Å². The van der Waals surface area contributed by atoms with E-state index in [9.17, 15) is 13.2 Å². The van der Waals surface area contributed by atoms with Crippen LogP contribution in [-0.2, 0) is 12.7 Å². The van der Waals surface area contributed by atoms with Crippen LogP contribution >= 0.6 is 11.6 Å². The second-order valence-electron chi connectivity index (χ2n) is 8.33. The Kier molecular flexibility index (Phi) is 7.93. The van der Waals surface area contributed by atoms with Gasteiger partial charge < -0.3 is 10.7 Å². The molecule has 0 spiro atoms. The molecular formula is C29H23ClF3N5. The highest BCUT2D eigenvalue weighted by molar-refractivity contribution is 6.33. The van der Waals surface area contributed by atoms with Crippen LogP contribution in [0.4, 0.5) is 18.9 Å². The number of rotatable bonds is 9. The molecule has 1 aromatic heterocycles. The van der Waals surface area contributed by atoms with E-state index >= 15 is 0 Å². The largest absolute Gasteiger partial charge is 0.416 e. The van der Waals surface area contributed by atoms with Crippen LogP contribution < -0.4 is 5.32 Å². The summed E-state index contributed by atoms with van der Waals surface area (Å²) in [4.78, 5) is 4.11. The minimum Gasteiger partial charge on any atom is -0.380 e. The number of aromatic nitrogens is 2. The predicted molar refractivity (Wildman–Crippen MR) is 150 cm³/mol. The summed E-state index contributed by atoms with van der Waals surface area (Å²) in [5, 5.41) is 19.1. The third kappa shape index (κ3) is 5.92. The van der Waals surface area contributed by atoms with Gasteiger partial charge in [0.05, 0.1) is 28.0 Å². The van der Waals surface area contributed by atoms with E-state index in [1.165, 1.54) is 12.1 Å². The standard InChI is InChI=1S/C29H23ClF3N5/c1-3-19(20-6-7-21-17-37-38-27(21)15-20)12-23-13-22(14-25(30)28(23)35-2)26(10-11-34)36-16-18-4-8-24(9-5-18)29(31,32)33/h3-15,17,34,36H,1-2,16H2,(H,37,38)/b19-12-,26-10-,34-11?. The molecule has 0 aliphatic rings. The van der Waals surface area contributed by atoms with Gasteiger partial charge in [-0.3, -0.25) is 10.1 Å². The molecule has 4 aromatic rings. The Morgan fingerprint density at radius 3 is 2.53 bits per heavy atom. The lowest BCUT2D eigenvalue weighted by Gasteiger charge is -2.15. The summed E-state index contributed by atoms with van der Waals surface area (Å²) in [6.45, 7) is 7.85. The van der Waals surface area contributed by atoms with Gasteiger partial charge >= 0.3 is 6.18 Å². The number of H-pyrrole nitrogens is 1. The van der Waals surface area contributed by atoms with Crippen molar-refractivity contribution in [2.45, 2.75) is 12.7 Å². The first-order chi connectivity index (χ1) is 18.2. The van der Waals surface area contributed by atoms with E-state index in [4.69, 9.17) is 17.0 Å². The highest BCUT2D eigenvalue weighted by Crippen LogP contribution is 2.35. The zero-order chi connectivity index (χ0) is 27.3. The van der Waals surface area contributed by atoms with Gasteiger partial charge in [-0.25, -0.2) is 0 Å². The zero-order valence-electron chi connectivity index (χ0n) is 20.1. The first kappa shape index (κ1) is 26.6. The summed E-state index contributed by atoms with van der Waals surface area (Å²) in [5.74, 6) is 0. The van der Waals surface area contributed by atoms with Crippen molar-refractivity contribution in [3.8, 4) is 0 Å². The van der Waals surface area contributed by atoms with Crippen LogP contribution in [0.2, 0.25) is 5.02 Å². The number of alkyl halides is 3. The molecule has 38 heavy (non-hydrogen) atoms. The van der Waals surface area contributed by atoms with Crippen molar-refractivity contribution in [2.75, 3.05) is 0 Å². The van der Waals surface area contributed by atoms with Crippen LogP contribution in [-0.4, -0.2) is 23.1 Å². The number of nitrogens with one attached hydrogen (secondary N) is 3. The smallest absolute Gasteiger partial charge is 0.380 e. The second-order valence-corrected chi connectivity index (χ2v) is 8.73. The van der Waals surface area contributed by atoms with Gasteiger partial charge in [-0.15, -0.1) is 0 Å². The summed E-state index contributed by atoms with van der Waals surface area (Å²) in [7, 11) is 0. The van der Waals surface area contributed by atoms with Crippen molar-refractivity contribution in [3.05, 3.63) is 112 Å². The third-order valence-electron chi connectivity index (χ3n) is 5.88. The number of halogens is 4. The molecule has 0 saturated carbocycles. The highest BCUT2D eigenvalue weighted by Gasteiger charge is 2.29. The lowest BCUT2D eigenvalue weighted by Crippen LogP contribution is -2.13. The highest BCUT2D eigenvalue weighted by atomic mass is 35.5. The second kappa shape index (κ2) is 11.3. The van der Waals surface area contributed by atoms with Crippen molar-refractivity contribution >= 4 is 58.5 Å². The lowest BCUT2D eigenvalue weighted by atomic mass is 9.99. The summed E-state index contributed by atoms with van der Waals surface area (Å²) in [6, 6.07) is 14.3. The molecule has 5 nitrogen and oxygen atoms in total. The maximum atomic E-state index is 12.9. The molecule has 0 fully saturated rings. The van der Waals surface area contributed by atoms with E-state index in [0.29, 0.717) is 33.1 Å². The summed E-state index contributed by atoms with van der Waals surface area (Å²) in [6.07, 6.45) is 3.63. The fraction of sp³-hybridized carbons (Fsp3) is 0.0690. The monoisotopic (exact) mass is 533 g/mol. The lowest BCUT2D eigenvalue weighted by molar-refractivity contribution is -0.137. The van der Waals surface area contributed by atoms with Gasteiger partial charge in [0.25, 0.3) is 0 Å². The van der Waals surface area contributed by atoms with Gasteiger partial charge in [-0.05, 0) is 71.5 Å². The minimum atomic E-state index is -4.40. The number of aromatic amines is 1. The Morgan fingerprint density at radius 2 is 1.87 bits per heavy atom. The molecule has 0 aliphatic carbocycles. The molecule has 9 heteroatoms. The third-order valence-corrected chi connectivity index (χ3v) is 6.17. The summed E-state index contributed by atoms with van der Waals surface area (Å²) in [5.41, 5.74) is 4.92. The molecule has 0 aliphatic heterocycles. The van der Waals surface area contributed by atoms with Gasteiger partial charge in [-0.2, -0.15) is 18.3 Å². The summed E-state index contributed by atoms with van der Waals surface area (Å²) < 4.78 is 38.6. The summed E-state index contributed by atoms with van der Waals surface area (Å²) >= 11 is 6.57. The Bertz CT molecular complexity index is 1560. The van der Waals surface area contributed by atoms with Crippen LogP contribution in [0.3, 0.4) is 0 Å². The minimum absolute atomic E-state index is 0.240. The van der Waals surface area contributed by atoms with Crippen molar-refractivity contribution in [1.82, 2.24) is 15.5 Å².